The quantitative estimate of drug-likeness (QED) is 0.538. The summed E-state index contributed by atoms with van der Waals surface area (Å²) in [5.74, 6) is 0. The molecule has 62 valence electrons. The summed E-state index contributed by atoms with van der Waals surface area (Å²) in [5.41, 5.74) is 0. The van der Waals surface area contributed by atoms with Crippen LogP contribution in [0.1, 0.15) is 13.8 Å². The Kier molecular flexibility index (Phi) is 4.60. The molecule has 0 heterocycles. The second kappa shape index (κ2) is 4.66. The Morgan fingerprint density at radius 1 is 0.900 bits per heavy atom. The molecule has 0 aromatic carbocycles. The second-order valence-corrected chi connectivity index (χ2v) is 2.48. The van der Waals surface area contributed by atoms with Gasteiger partial charge in [0.1, 0.15) is 0 Å². The maximum absolute atomic E-state index is 2.25. The average molecular weight is 145 g/mol. The molecule has 0 aromatic heterocycles. The molecule has 0 aromatic rings. The Bertz CT molecular complexity index is 78.9. The summed E-state index contributed by atoms with van der Waals surface area (Å²) < 4.78 is 0. The van der Waals surface area contributed by atoms with E-state index in [-0.39, 0.29) is 0 Å². The van der Waals surface area contributed by atoms with Crippen molar-refractivity contribution in [3.8, 4) is 0 Å². The lowest BCUT2D eigenvalue weighted by Crippen LogP contribution is -2.47. The first-order chi connectivity index (χ1) is 4.63. The van der Waals surface area contributed by atoms with Crippen LogP contribution in [-0.2, 0) is 0 Å². The van der Waals surface area contributed by atoms with Crippen molar-refractivity contribution < 1.29 is 0 Å². The molecule has 0 spiro atoms. The van der Waals surface area contributed by atoms with E-state index in [9.17, 15) is 0 Å². The third-order valence-electron chi connectivity index (χ3n) is 1.72. The molecule has 10 heavy (non-hydrogen) atoms. The van der Waals surface area contributed by atoms with Crippen molar-refractivity contribution >= 4 is 0 Å². The second-order valence-electron chi connectivity index (χ2n) is 2.48. The van der Waals surface area contributed by atoms with Crippen molar-refractivity contribution in [1.29, 1.82) is 0 Å². The molecule has 0 rings (SSSR count). The monoisotopic (exact) mass is 145 g/mol. The van der Waals surface area contributed by atoms with Crippen LogP contribution in [0.5, 0.6) is 0 Å². The van der Waals surface area contributed by atoms with E-state index >= 15 is 0 Å². The summed E-state index contributed by atoms with van der Waals surface area (Å²) in [4.78, 5) is 0. The predicted molar refractivity (Wildman–Crippen MR) is 44.4 cm³/mol. The lowest BCUT2D eigenvalue weighted by molar-refractivity contribution is -0.135. The minimum absolute atomic E-state index is 1.06. The summed E-state index contributed by atoms with van der Waals surface area (Å²) in [5, 5.41) is 6.42. The maximum Gasteiger partial charge on any atom is 0.0179 e. The van der Waals surface area contributed by atoms with E-state index in [2.05, 4.69) is 36.0 Å². The first-order valence-corrected chi connectivity index (χ1v) is 3.79. The van der Waals surface area contributed by atoms with Gasteiger partial charge < -0.3 is 0 Å². The van der Waals surface area contributed by atoms with Crippen LogP contribution in [-0.4, -0.2) is 49.4 Å². The number of nitrogens with zero attached hydrogens (tertiary/aromatic N) is 3. The Hall–Kier alpha value is -0.120. The summed E-state index contributed by atoms with van der Waals surface area (Å²) in [6.45, 7) is 6.43. The number of hydrogen-bond acceptors (Lipinski definition) is 3. The van der Waals surface area contributed by atoms with E-state index < -0.39 is 0 Å². The van der Waals surface area contributed by atoms with Crippen LogP contribution >= 0.6 is 0 Å². The minimum atomic E-state index is 1.06. The van der Waals surface area contributed by atoms with Crippen LogP contribution in [0.3, 0.4) is 0 Å². The highest BCUT2D eigenvalue weighted by Gasteiger charge is 2.06. The molecule has 0 saturated carbocycles. The van der Waals surface area contributed by atoms with Gasteiger partial charge in [0, 0.05) is 34.2 Å². The first-order valence-electron chi connectivity index (χ1n) is 3.79. The highest BCUT2D eigenvalue weighted by atomic mass is 15.8. The Labute approximate surface area is 64.1 Å². The summed E-state index contributed by atoms with van der Waals surface area (Å²) in [7, 11) is 6.14. The van der Waals surface area contributed by atoms with E-state index in [0.29, 0.717) is 0 Å². The topological polar surface area (TPSA) is 9.72 Å². The fourth-order valence-corrected chi connectivity index (χ4v) is 0.886. The molecule has 3 nitrogen and oxygen atoms in total. The van der Waals surface area contributed by atoms with Crippen molar-refractivity contribution in [2.45, 2.75) is 13.8 Å². The fraction of sp³-hybridized carbons (Fsp3) is 1.00. The smallest absolute Gasteiger partial charge is 0.0179 e. The van der Waals surface area contributed by atoms with Gasteiger partial charge in [0.25, 0.3) is 0 Å². The van der Waals surface area contributed by atoms with Crippen LogP contribution in [0.2, 0.25) is 0 Å². The van der Waals surface area contributed by atoms with E-state index in [0.717, 1.165) is 13.1 Å². The first kappa shape index (κ1) is 9.88. The van der Waals surface area contributed by atoms with Gasteiger partial charge in [-0.25, -0.2) is 10.0 Å². The molecule has 3 heteroatoms. The van der Waals surface area contributed by atoms with Crippen LogP contribution in [0.4, 0.5) is 0 Å². The summed E-state index contributed by atoms with van der Waals surface area (Å²) >= 11 is 0. The Morgan fingerprint density at radius 2 is 1.30 bits per heavy atom. The van der Waals surface area contributed by atoms with Crippen molar-refractivity contribution in [3.05, 3.63) is 0 Å². The number of hydrazine groups is 2. The molecule has 0 saturated heterocycles. The standard InChI is InChI=1S/C7H19N3/c1-6-10(7-2)9(5)8(3)4/h6-7H2,1-5H3. The van der Waals surface area contributed by atoms with E-state index in [1.165, 1.54) is 0 Å². The summed E-state index contributed by atoms with van der Waals surface area (Å²) in [6.07, 6.45) is 0. The van der Waals surface area contributed by atoms with Crippen molar-refractivity contribution in [2.75, 3.05) is 34.2 Å². The minimum Gasteiger partial charge on any atom is -0.234 e. The molecular weight excluding hydrogens is 126 g/mol. The molecule has 0 atom stereocenters. The van der Waals surface area contributed by atoms with Gasteiger partial charge in [-0.1, -0.05) is 13.8 Å². The molecule has 0 aliphatic rings. The van der Waals surface area contributed by atoms with Gasteiger partial charge in [-0.3, -0.25) is 0 Å². The Morgan fingerprint density at radius 3 is 1.40 bits per heavy atom. The zero-order valence-electron chi connectivity index (χ0n) is 7.76. The third kappa shape index (κ3) is 2.64. The molecule has 0 bridgehead atoms. The van der Waals surface area contributed by atoms with Gasteiger partial charge in [-0.05, 0) is 0 Å². The Balaban J connectivity index is 3.76. The molecule has 0 amide bonds. The fourth-order valence-electron chi connectivity index (χ4n) is 0.886. The normalized spacial score (nSPS) is 12.0. The van der Waals surface area contributed by atoms with Gasteiger partial charge in [0.2, 0.25) is 0 Å². The van der Waals surface area contributed by atoms with Crippen molar-refractivity contribution in [2.24, 2.45) is 0 Å². The lowest BCUT2D eigenvalue weighted by atomic mass is 10.6. The molecule has 0 aliphatic carbocycles. The molecule has 0 N–H and O–H groups in total. The van der Waals surface area contributed by atoms with Gasteiger partial charge in [0.15, 0.2) is 0 Å². The molecular formula is C7H19N3. The van der Waals surface area contributed by atoms with Gasteiger partial charge in [-0.15, -0.1) is 0 Å². The zero-order valence-corrected chi connectivity index (χ0v) is 7.76. The van der Waals surface area contributed by atoms with E-state index in [1.807, 2.05) is 14.1 Å². The highest BCUT2D eigenvalue weighted by Crippen LogP contribution is 1.94. The molecule has 0 aliphatic heterocycles. The van der Waals surface area contributed by atoms with E-state index in [4.69, 9.17) is 0 Å². The SMILES string of the molecule is CCN(CC)N(C)N(C)C. The summed E-state index contributed by atoms with van der Waals surface area (Å²) in [6, 6.07) is 0. The zero-order chi connectivity index (χ0) is 8.15. The van der Waals surface area contributed by atoms with Crippen LogP contribution in [0.15, 0.2) is 0 Å². The average Bonchev–Trinajstić information content (AvgIpc) is 1.90. The van der Waals surface area contributed by atoms with Gasteiger partial charge >= 0.3 is 0 Å². The third-order valence-corrected chi connectivity index (χ3v) is 1.72. The molecule has 0 fully saturated rings. The van der Waals surface area contributed by atoms with Crippen molar-refractivity contribution in [1.82, 2.24) is 15.1 Å². The lowest BCUT2D eigenvalue weighted by Gasteiger charge is -2.34. The van der Waals surface area contributed by atoms with Gasteiger partial charge in [0.05, 0.1) is 0 Å². The van der Waals surface area contributed by atoms with Crippen molar-refractivity contribution in [3.63, 3.8) is 0 Å². The predicted octanol–water partition coefficient (Wildman–Crippen LogP) is 0.652. The van der Waals surface area contributed by atoms with E-state index in [1.54, 1.807) is 0 Å². The van der Waals surface area contributed by atoms with Crippen LogP contribution in [0, 0.1) is 0 Å². The molecule has 0 unspecified atom stereocenters. The van der Waals surface area contributed by atoms with Crippen LogP contribution < -0.4 is 0 Å². The van der Waals surface area contributed by atoms with Gasteiger partial charge in [-0.2, -0.15) is 5.12 Å². The molecule has 0 radical (unpaired) electrons. The largest absolute Gasteiger partial charge is 0.234 e. The van der Waals surface area contributed by atoms with Crippen LogP contribution in [0.25, 0.3) is 0 Å². The maximum atomic E-state index is 2.25. The number of hydrogen-bond donors (Lipinski definition) is 0. The number of rotatable bonds is 4. The highest BCUT2D eigenvalue weighted by molar-refractivity contribution is 4.42.